The number of hydrogen-bond donors (Lipinski definition) is 1. The summed E-state index contributed by atoms with van der Waals surface area (Å²) >= 11 is 0. The molecule has 3 rings (SSSR count). The highest BCUT2D eigenvalue weighted by molar-refractivity contribution is 7.89. The number of rotatable bonds is 4. The van der Waals surface area contributed by atoms with Gasteiger partial charge in [-0.3, -0.25) is 4.79 Å². The highest BCUT2D eigenvalue weighted by Crippen LogP contribution is 2.45. The third kappa shape index (κ3) is 1.86. The van der Waals surface area contributed by atoms with Crippen LogP contribution in [0.3, 0.4) is 0 Å². The average Bonchev–Trinajstić information content (AvgIpc) is 3.20. The zero-order valence-corrected chi connectivity index (χ0v) is 12.1. The smallest absolute Gasteiger partial charge is 0.324 e. The molecule has 108 valence electrons. The van der Waals surface area contributed by atoms with Gasteiger partial charge < -0.3 is 5.11 Å². The first-order valence-corrected chi connectivity index (χ1v) is 8.16. The second-order valence-electron chi connectivity index (χ2n) is 5.72. The molecule has 0 spiro atoms. The topological polar surface area (TPSA) is 74.7 Å². The molecule has 1 heterocycles. The van der Waals surface area contributed by atoms with E-state index in [4.69, 9.17) is 0 Å². The molecule has 1 N–H and O–H groups in total. The lowest BCUT2D eigenvalue weighted by atomic mass is 9.90. The molecule has 2 fully saturated rings. The van der Waals surface area contributed by atoms with Gasteiger partial charge in [-0.1, -0.05) is 18.2 Å². The highest BCUT2D eigenvalue weighted by Gasteiger charge is 2.54. The van der Waals surface area contributed by atoms with Crippen molar-refractivity contribution < 1.29 is 18.3 Å². The number of sulfonamides is 1. The van der Waals surface area contributed by atoms with E-state index in [1.54, 1.807) is 12.1 Å². The Morgan fingerprint density at radius 3 is 2.50 bits per heavy atom. The molecule has 1 saturated carbocycles. The Labute approximate surface area is 118 Å². The Morgan fingerprint density at radius 2 is 2.00 bits per heavy atom. The van der Waals surface area contributed by atoms with Gasteiger partial charge in [0.05, 0.1) is 4.90 Å². The monoisotopic (exact) mass is 295 g/mol. The number of benzene rings is 1. The lowest BCUT2D eigenvalue weighted by molar-refractivity contribution is -0.153. The summed E-state index contributed by atoms with van der Waals surface area (Å²) in [4.78, 5) is 11.6. The van der Waals surface area contributed by atoms with E-state index in [0.29, 0.717) is 12.3 Å². The van der Waals surface area contributed by atoms with Crippen LogP contribution in [0.15, 0.2) is 29.2 Å². The maximum atomic E-state index is 12.8. The largest absolute Gasteiger partial charge is 0.480 e. The standard InChI is InChI=1S/C14H17NO4S/c1-14(13(16)17)8-9-15(14)20(18,19)12-5-3-2-4-11(12)10-6-7-10/h2-5,10H,6-9H2,1H3,(H,16,17). The van der Waals surface area contributed by atoms with Gasteiger partial charge in [0.1, 0.15) is 5.54 Å². The summed E-state index contributed by atoms with van der Waals surface area (Å²) in [6, 6.07) is 6.95. The zero-order chi connectivity index (χ0) is 14.5. The molecule has 1 aliphatic carbocycles. The quantitative estimate of drug-likeness (QED) is 0.919. The van der Waals surface area contributed by atoms with E-state index in [9.17, 15) is 18.3 Å². The molecule has 0 aromatic heterocycles. The number of aliphatic carboxylic acids is 1. The maximum absolute atomic E-state index is 12.8. The Hall–Kier alpha value is -1.40. The number of hydrogen-bond acceptors (Lipinski definition) is 3. The van der Waals surface area contributed by atoms with Crippen LogP contribution in [0.25, 0.3) is 0 Å². The number of carboxylic acid groups (broad SMARTS) is 1. The van der Waals surface area contributed by atoms with Gasteiger partial charge >= 0.3 is 5.97 Å². The molecule has 0 amide bonds. The molecule has 1 aromatic carbocycles. The molecule has 5 nitrogen and oxygen atoms in total. The van der Waals surface area contributed by atoms with Crippen molar-refractivity contribution in [1.82, 2.24) is 4.31 Å². The number of carbonyl (C=O) groups is 1. The fraction of sp³-hybridized carbons (Fsp3) is 0.500. The van der Waals surface area contributed by atoms with Gasteiger partial charge in [0, 0.05) is 6.54 Å². The Balaban J connectivity index is 2.03. The van der Waals surface area contributed by atoms with Crippen molar-refractivity contribution >= 4 is 16.0 Å². The van der Waals surface area contributed by atoms with Gasteiger partial charge in [0.2, 0.25) is 10.0 Å². The maximum Gasteiger partial charge on any atom is 0.324 e. The van der Waals surface area contributed by atoms with Crippen molar-refractivity contribution in [3.05, 3.63) is 29.8 Å². The third-order valence-electron chi connectivity index (χ3n) is 4.32. The van der Waals surface area contributed by atoms with Crippen molar-refractivity contribution in [3.8, 4) is 0 Å². The molecule has 1 atom stereocenters. The van der Waals surface area contributed by atoms with Crippen molar-refractivity contribution in [2.24, 2.45) is 0 Å². The molecule has 0 radical (unpaired) electrons. The second-order valence-corrected chi connectivity index (χ2v) is 7.55. The van der Waals surface area contributed by atoms with Crippen LogP contribution < -0.4 is 0 Å². The zero-order valence-electron chi connectivity index (χ0n) is 11.2. The molecular weight excluding hydrogens is 278 g/mol. The van der Waals surface area contributed by atoms with Crippen LogP contribution in [0.5, 0.6) is 0 Å². The lowest BCUT2D eigenvalue weighted by Crippen LogP contribution is -2.64. The Kier molecular flexibility index (Phi) is 2.92. The molecule has 1 saturated heterocycles. The molecule has 1 unspecified atom stereocenters. The first-order valence-electron chi connectivity index (χ1n) is 6.72. The summed E-state index contributed by atoms with van der Waals surface area (Å²) in [5.41, 5.74) is -0.484. The molecule has 0 bridgehead atoms. The summed E-state index contributed by atoms with van der Waals surface area (Å²) in [5.74, 6) is -0.783. The van der Waals surface area contributed by atoms with Crippen LogP contribution in [-0.4, -0.2) is 35.9 Å². The van der Waals surface area contributed by atoms with E-state index in [1.165, 1.54) is 6.92 Å². The normalized spacial score (nSPS) is 27.1. The summed E-state index contributed by atoms with van der Waals surface area (Å²) in [5, 5.41) is 9.26. The summed E-state index contributed by atoms with van der Waals surface area (Å²) in [6.07, 6.45) is 2.36. The molecule has 6 heteroatoms. The van der Waals surface area contributed by atoms with Gasteiger partial charge in [-0.15, -0.1) is 0 Å². The summed E-state index contributed by atoms with van der Waals surface area (Å²) < 4.78 is 26.6. The van der Waals surface area contributed by atoms with Crippen LogP contribution in [0.2, 0.25) is 0 Å². The van der Waals surface area contributed by atoms with E-state index in [0.717, 1.165) is 22.7 Å². The first kappa shape index (κ1) is 13.6. The van der Waals surface area contributed by atoms with Crippen LogP contribution in [0.4, 0.5) is 0 Å². The van der Waals surface area contributed by atoms with E-state index in [-0.39, 0.29) is 11.4 Å². The first-order chi connectivity index (χ1) is 9.37. The van der Waals surface area contributed by atoms with E-state index >= 15 is 0 Å². The van der Waals surface area contributed by atoms with Crippen LogP contribution in [-0.2, 0) is 14.8 Å². The van der Waals surface area contributed by atoms with E-state index < -0.39 is 21.5 Å². The van der Waals surface area contributed by atoms with E-state index in [2.05, 4.69) is 0 Å². The van der Waals surface area contributed by atoms with Crippen molar-refractivity contribution in [2.75, 3.05) is 6.54 Å². The van der Waals surface area contributed by atoms with E-state index in [1.807, 2.05) is 12.1 Å². The van der Waals surface area contributed by atoms with Crippen molar-refractivity contribution in [3.63, 3.8) is 0 Å². The van der Waals surface area contributed by atoms with Crippen molar-refractivity contribution in [2.45, 2.75) is 42.5 Å². The number of carboxylic acids is 1. The SMILES string of the molecule is CC1(C(=O)O)CCN1S(=O)(=O)c1ccccc1C1CC1. The second kappa shape index (κ2) is 4.30. The fourth-order valence-electron chi connectivity index (χ4n) is 2.70. The summed E-state index contributed by atoms with van der Waals surface area (Å²) in [7, 11) is -3.74. The lowest BCUT2D eigenvalue weighted by Gasteiger charge is -2.45. The minimum absolute atomic E-state index is 0.268. The summed E-state index contributed by atoms with van der Waals surface area (Å²) in [6.45, 7) is 1.74. The van der Waals surface area contributed by atoms with Crippen molar-refractivity contribution in [1.29, 1.82) is 0 Å². The van der Waals surface area contributed by atoms with Gasteiger partial charge in [0.25, 0.3) is 0 Å². The molecule has 20 heavy (non-hydrogen) atoms. The number of nitrogens with zero attached hydrogens (tertiary/aromatic N) is 1. The van der Waals surface area contributed by atoms with Crippen LogP contribution in [0, 0.1) is 0 Å². The van der Waals surface area contributed by atoms with Crippen LogP contribution >= 0.6 is 0 Å². The van der Waals surface area contributed by atoms with Gasteiger partial charge in [-0.25, -0.2) is 8.42 Å². The van der Waals surface area contributed by atoms with Gasteiger partial charge in [-0.05, 0) is 43.7 Å². The predicted octanol–water partition coefficient (Wildman–Crippen LogP) is 1.80. The molecule has 1 aliphatic heterocycles. The fourth-order valence-corrected chi connectivity index (χ4v) is 4.76. The van der Waals surface area contributed by atoms with Gasteiger partial charge in [-0.2, -0.15) is 4.31 Å². The minimum atomic E-state index is -3.74. The Morgan fingerprint density at radius 1 is 1.35 bits per heavy atom. The average molecular weight is 295 g/mol. The minimum Gasteiger partial charge on any atom is -0.480 e. The van der Waals surface area contributed by atoms with Gasteiger partial charge in [0.15, 0.2) is 0 Å². The molecule has 2 aliphatic rings. The predicted molar refractivity (Wildman–Crippen MR) is 73.0 cm³/mol. The molecule has 1 aromatic rings. The third-order valence-corrected chi connectivity index (χ3v) is 6.41. The molecular formula is C14H17NO4S. The Bertz CT molecular complexity index is 666. The van der Waals surface area contributed by atoms with Crippen LogP contribution in [0.1, 0.15) is 37.7 Å². The highest BCUT2D eigenvalue weighted by atomic mass is 32.2.